The Morgan fingerprint density at radius 1 is 1.17 bits per heavy atom. The van der Waals surface area contributed by atoms with Gasteiger partial charge in [-0.2, -0.15) is 0 Å². The maximum absolute atomic E-state index is 9.34. The number of piperidine rings is 1. The second-order valence-corrected chi connectivity index (χ2v) is 7.73. The monoisotopic (exact) mass is 395 g/mol. The Hall–Kier alpha value is -2.93. The van der Waals surface area contributed by atoms with Gasteiger partial charge in [-0.1, -0.05) is 18.2 Å². The zero-order valence-corrected chi connectivity index (χ0v) is 16.6. The Morgan fingerprint density at radius 3 is 2.66 bits per heavy atom. The molecule has 7 heteroatoms. The van der Waals surface area contributed by atoms with E-state index in [1.165, 1.54) is 6.20 Å². The van der Waals surface area contributed by atoms with Crippen molar-refractivity contribution in [3.63, 3.8) is 0 Å². The summed E-state index contributed by atoms with van der Waals surface area (Å²) in [5.74, 6) is 1.73. The van der Waals surface area contributed by atoms with E-state index >= 15 is 0 Å². The van der Waals surface area contributed by atoms with Crippen LogP contribution >= 0.6 is 0 Å². The minimum Gasteiger partial charge on any atom is -0.471 e. The van der Waals surface area contributed by atoms with E-state index in [0.717, 1.165) is 61.4 Å². The van der Waals surface area contributed by atoms with Crippen molar-refractivity contribution >= 4 is 16.7 Å². The first-order valence-electron chi connectivity index (χ1n) is 10.2. The van der Waals surface area contributed by atoms with Gasteiger partial charge in [-0.15, -0.1) is 0 Å². The fourth-order valence-electron chi connectivity index (χ4n) is 3.96. The lowest BCUT2D eigenvalue weighted by molar-refractivity contribution is 0.0783. The van der Waals surface area contributed by atoms with Crippen LogP contribution in [0.3, 0.4) is 0 Å². The fraction of sp³-hybridized carbons (Fsp3) is 0.409. The molecular formula is C22H29N5O2. The summed E-state index contributed by atoms with van der Waals surface area (Å²) in [4.78, 5) is 9.11. The molecule has 1 aromatic carbocycles. The van der Waals surface area contributed by atoms with Gasteiger partial charge in [-0.3, -0.25) is 0 Å². The molecule has 2 fully saturated rings. The Kier molecular flexibility index (Phi) is 5.76. The van der Waals surface area contributed by atoms with Gasteiger partial charge in [0.25, 0.3) is 0 Å². The molecule has 29 heavy (non-hydrogen) atoms. The number of likely N-dealkylation sites (tertiary alicyclic amines) is 1. The first-order valence-corrected chi connectivity index (χ1v) is 10.2. The van der Waals surface area contributed by atoms with Crippen LogP contribution in [0.1, 0.15) is 12.8 Å². The van der Waals surface area contributed by atoms with Crippen LogP contribution in [0.5, 0.6) is 0 Å². The summed E-state index contributed by atoms with van der Waals surface area (Å²) in [6, 6.07) is 12.3. The number of hydrogen-bond donors (Lipinski definition) is 3. The molecule has 4 rings (SSSR count). The number of pyridine rings is 1. The first kappa shape index (κ1) is 19.4. The smallest absolute Gasteiger partial charge is 0.208 e. The third-order valence-corrected chi connectivity index (χ3v) is 5.77. The van der Waals surface area contributed by atoms with Crippen molar-refractivity contribution in [1.29, 1.82) is 0 Å². The number of allylic oxidation sites excluding steroid dienone is 1. The van der Waals surface area contributed by atoms with E-state index in [0.29, 0.717) is 11.8 Å². The molecule has 1 aromatic heterocycles. The van der Waals surface area contributed by atoms with Crippen LogP contribution < -0.4 is 16.4 Å². The number of fused-ring (bicyclic) bond motifs is 1. The summed E-state index contributed by atoms with van der Waals surface area (Å²) in [6.07, 6.45) is 5.21. The zero-order chi connectivity index (χ0) is 20.2. The molecule has 3 heterocycles. The fourth-order valence-corrected chi connectivity index (χ4v) is 3.96. The number of anilines is 1. The van der Waals surface area contributed by atoms with Gasteiger partial charge >= 0.3 is 0 Å². The van der Waals surface area contributed by atoms with Crippen molar-refractivity contribution in [3.05, 3.63) is 60.3 Å². The van der Waals surface area contributed by atoms with E-state index in [4.69, 9.17) is 21.2 Å². The van der Waals surface area contributed by atoms with E-state index in [1.807, 2.05) is 24.3 Å². The number of ether oxygens (including phenoxy) is 1. The van der Waals surface area contributed by atoms with Crippen LogP contribution in [0.4, 0.5) is 5.82 Å². The Balaban J connectivity index is 1.38. The Labute approximate surface area is 171 Å². The highest BCUT2D eigenvalue weighted by Gasteiger charge is 2.31. The number of para-hydroxylation sites is 1. The minimum atomic E-state index is 0.0272. The van der Waals surface area contributed by atoms with Gasteiger partial charge in [0.2, 0.25) is 5.88 Å². The van der Waals surface area contributed by atoms with E-state index in [1.54, 1.807) is 6.08 Å². The van der Waals surface area contributed by atoms with Crippen LogP contribution in [-0.2, 0) is 4.74 Å². The summed E-state index contributed by atoms with van der Waals surface area (Å²) in [5.41, 5.74) is 13.8. The van der Waals surface area contributed by atoms with Crippen LogP contribution in [0.25, 0.3) is 10.9 Å². The SMILES string of the molecule is N/C=C\C(=C(/N)OC1CN(c2ccc3ccccc3n2)C1)N1CCC(CO)CC1. The Bertz CT molecular complexity index is 899. The quantitative estimate of drug-likeness (QED) is 0.506. The maximum atomic E-state index is 9.34. The summed E-state index contributed by atoms with van der Waals surface area (Å²) >= 11 is 0. The van der Waals surface area contributed by atoms with Crippen LogP contribution in [0, 0.1) is 5.92 Å². The third kappa shape index (κ3) is 4.24. The average molecular weight is 396 g/mol. The number of aliphatic hydroxyl groups is 1. The third-order valence-electron chi connectivity index (χ3n) is 5.77. The van der Waals surface area contributed by atoms with Crippen LogP contribution in [0.15, 0.2) is 60.3 Å². The van der Waals surface area contributed by atoms with Gasteiger partial charge in [0.1, 0.15) is 11.9 Å². The van der Waals surface area contributed by atoms with Gasteiger partial charge in [0.05, 0.1) is 24.3 Å². The number of hydrogen-bond acceptors (Lipinski definition) is 7. The van der Waals surface area contributed by atoms with Crippen LogP contribution in [-0.4, -0.2) is 53.9 Å². The highest BCUT2D eigenvalue weighted by Crippen LogP contribution is 2.26. The van der Waals surface area contributed by atoms with Crippen LogP contribution in [0.2, 0.25) is 0 Å². The molecule has 7 nitrogen and oxygen atoms in total. The second kappa shape index (κ2) is 8.61. The standard InChI is InChI=1S/C22H29N5O2/c23-10-7-20(26-11-8-16(15-28)9-12-26)22(24)29-18-13-27(14-18)21-6-5-17-3-1-2-4-19(17)25-21/h1-7,10,16,18,28H,8-9,11-15,23-24H2/b10-7-,22-20-. The summed E-state index contributed by atoms with van der Waals surface area (Å²) in [7, 11) is 0. The van der Waals surface area contributed by atoms with E-state index in [2.05, 4.69) is 21.9 Å². The molecule has 2 aliphatic rings. The summed E-state index contributed by atoms with van der Waals surface area (Å²) < 4.78 is 6.04. The highest BCUT2D eigenvalue weighted by atomic mass is 16.5. The highest BCUT2D eigenvalue weighted by molar-refractivity contribution is 5.80. The van der Waals surface area contributed by atoms with Crippen molar-refractivity contribution in [2.24, 2.45) is 17.4 Å². The molecule has 0 unspecified atom stereocenters. The van der Waals surface area contributed by atoms with Gasteiger partial charge in [-0.05, 0) is 49.2 Å². The average Bonchev–Trinajstić information content (AvgIpc) is 2.74. The number of rotatable bonds is 6. The number of benzene rings is 1. The molecule has 0 spiro atoms. The predicted molar refractivity (Wildman–Crippen MR) is 115 cm³/mol. The molecule has 0 saturated carbocycles. The van der Waals surface area contributed by atoms with Gasteiger partial charge < -0.3 is 31.1 Å². The number of aliphatic hydroxyl groups excluding tert-OH is 1. The van der Waals surface area contributed by atoms with Crippen molar-refractivity contribution in [1.82, 2.24) is 9.88 Å². The lowest BCUT2D eigenvalue weighted by Gasteiger charge is -2.40. The molecule has 0 aliphatic carbocycles. The lowest BCUT2D eigenvalue weighted by Crippen LogP contribution is -2.53. The van der Waals surface area contributed by atoms with Gasteiger partial charge in [0, 0.05) is 25.1 Å². The van der Waals surface area contributed by atoms with Gasteiger partial charge in [-0.25, -0.2) is 4.98 Å². The van der Waals surface area contributed by atoms with E-state index in [-0.39, 0.29) is 12.7 Å². The number of aromatic nitrogens is 1. The van der Waals surface area contributed by atoms with E-state index < -0.39 is 0 Å². The number of nitrogens with zero attached hydrogens (tertiary/aromatic N) is 3. The Morgan fingerprint density at radius 2 is 1.93 bits per heavy atom. The molecule has 154 valence electrons. The summed E-state index contributed by atoms with van der Waals surface area (Å²) in [6.45, 7) is 3.42. The topological polar surface area (TPSA) is 101 Å². The van der Waals surface area contributed by atoms with E-state index in [9.17, 15) is 5.11 Å². The minimum absolute atomic E-state index is 0.0272. The first-order chi connectivity index (χ1) is 14.2. The summed E-state index contributed by atoms with van der Waals surface area (Å²) in [5, 5.41) is 10.5. The molecule has 0 bridgehead atoms. The largest absolute Gasteiger partial charge is 0.471 e. The predicted octanol–water partition coefficient (Wildman–Crippen LogP) is 1.74. The molecular weight excluding hydrogens is 366 g/mol. The second-order valence-electron chi connectivity index (χ2n) is 7.73. The maximum Gasteiger partial charge on any atom is 0.208 e. The lowest BCUT2D eigenvalue weighted by atomic mass is 9.97. The molecule has 0 amide bonds. The molecule has 2 aromatic rings. The molecule has 0 radical (unpaired) electrons. The molecule has 2 aliphatic heterocycles. The van der Waals surface area contributed by atoms with Crippen molar-refractivity contribution in [3.8, 4) is 0 Å². The molecule has 5 N–H and O–H groups in total. The molecule has 0 atom stereocenters. The van der Waals surface area contributed by atoms with Gasteiger partial charge in [0.15, 0.2) is 0 Å². The normalized spacial score (nSPS) is 19.5. The molecule has 2 saturated heterocycles. The number of nitrogens with two attached hydrogens (primary N) is 2. The zero-order valence-electron chi connectivity index (χ0n) is 16.6. The van der Waals surface area contributed by atoms with Crippen molar-refractivity contribution in [2.75, 3.05) is 37.7 Å². The van der Waals surface area contributed by atoms with Crippen molar-refractivity contribution in [2.45, 2.75) is 18.9 Å². The van der Waals surface area contributed by atoms with Crippen molar-refractivity contribution < 1.29 is 9.84 Å².